The van der Waals surface area contributed by atoms with E-state index >= 15 is 4.39 Å². The second-order valence-corrected chi connectivity index (χ2v) is 12.5. The summed E-state index contributed by atoms with van der Waals surface area (Å²) in [6, 6.07) is 3.87. The van der Waals surface area contributed by atoms with Crippen molar-refractivity contribution in [2.45, 2.75) is 49.1 Å². The number of fused-ring (bicyclic) bond motifs is 1. The molecule has 1 amide bonds. The summed E-state index contributed by atoms with van der Waals surface area (Å²) in [7, 11) is -2.89. The Kier molecular flexibility index (Phi) is 5.91. The average Bonchev–Trinajstić information content (AvgIpc) is 2.74. The van der Waals surface area contributed by atoms with E-state index in [1.165, 1.54) is 24.4 Å². The van der Waals surface area contributed by atoms with E-state index in [1.807, 2.05) is 0 Å². The summed E-state index contributed by atoms with van der Waals surface area (Å²) in [6.45, 7) is 5.61. The normalized spacial score (nSPS) is 28.3. The first-order valence-corrected chi connectivity index (χ1v) is 12.6. The molecule has 33 heavy (non-hydrogen) atoms. The maximum absolute atomic E-state index is 15.1. The number of rotatable bonds is 3. The third-order valence-corrected chi connectivity index (χ3v) is 10.4. The Morgan fingerprint density at radius 2 is 2.03 bits per heavy atom. The van der Waals surface area contributed by atoms with E-state index in [-0.39, 0.29) is 33.1 Å². The van der Waals surface area contributed by atoms with Gasteiger partial charge in [-0.1, -0.05) is 23.2 Å². The zero-order chi connectivity index (χ0) is 24.2. The van der Waals surface area contributed by atoms with Crippen LogP contribution >= 0.6 is 23.2 Å². The minimum absolute atomic E-state index is 0.0586. The van der Waals surface area contributed by atoms with Crippen molar-refractivity contribution in [3.63, 3.8) is 0 Å². The number of anilines is 1. The van der Waals surface area contributed by atoms with Crippen LogP contribution in [0.2, 0.25) is 10.0 Å². The largest absolute Gasteiger partial charge is 0.386 e. The highest BCUT2D eigenvalue weighted by molar-refractivity contribution is 7.96. The Hall–Kier alpha value is -2.30. The van der Waals surface area contributed by atoms with Crippen LogP contribution in [-0.2, 0) is 15.3 Å². The molecule has 2 aromatic rings. The van der Waals surface area contributed by atoms with Gasteiger partial charge in [0.25, 0.3) is 5.91 Å². The highest BCUT2D eigenvalue weighted by Gasteiger charge is 2.56. The summed E-state index contributed by atoms with van der Waals surface area (Å²) in [5.41, 5.74) is 4.79. The molecule has 0 saturated heterocycles. The minimum atomic E-state index is -2.89. The third-order valence-electron chi connectivity index (χ3n) is 6.21. The number of hydrogen-bond donors (Lipinski definition) is 2. The van der Waals surface area contributed by atoms with Gasteiger partial charge < -0.3 is 11.1 Å². The first kappa shape index (κ1) is 23.8. The average molecular weight is 513 g/mol. The van der Waals surface area contributed by atoms with Crippen molar-refractivity contribution in [1.82, 2.24) is 9.97 Å². The molecule has 176 valence electrons. The number of nitrogens with one attached hydrogen (secondary N) is 1. The van der Waals surface area contributed by atoms with Crippen LogP contribution in [0.3, 0.4) is 0 Å². The van der Waals surface area contributed by atoms with E-state index in [2.05, 4.69) is 24.6 Å². The van der Waals surface area contributed by atoms with Crippen LogP contribution in [0.15, 0.2) is 33.8 Å². The van der Waals surface area contributed by atoms with Crippen molar-refractivity contribution in [3.8, 4) is 0 Å². The minimum Gasteiger partial charge on any atom is -0.386 e. The molecule has 0 aliphatic carbocycles. The summed E-state index contributed by atoms with van der Waals surface area (Å²) in [5, 5.41) is 2.32. The number of amides is 1. The van der Waals surface area contributed by atoms with Gasteiger partial charge in [0, 0.05) is 12.7 Å². The summed E-state index contributed by atoms with van der Waals surface area (Å²) in [5.74, 6) is -1.11. The van der Waals surface area contributed by atoms with Gasteiger partial charge >= 0.3 is 0 Å². The van der Waals surface area contributed by atoms with Crippen LogP contribution in [0.5, 0.6) is 0 Å². The van der Waals surface area contributed by atoms with E-state index in [4.69, 9.17) is 28.9 Å². The molecule has 2 aliphatic rings. The van der Waals surface area contributed by atoms with Crippen molar-refractivity contribution in [3.05, 3.63) is 51.6 Å². The smallest absolute Gasteiger partial charge is 0.276 e. The molecule has 12 heteroatoms. The van der Waals surface area contributed by atoms with Gasteiger partial charge in [-0.3, -0.25) is 9.79 Å². The number of nitrogens with two attached hydrogens (primary N) is 1. The Labute approximate surface area is 201 Å². The van der Waals surface area contributed by atoms with Crippen molar-refractivity contribution in [1.29, 1.82) is 0 Å². The van der Waals surface area contributed by atoms with Crippen LogP contribution in [0.1, 0.15) is 49.8 Å². The van der Waals surface area contributed by atoms with Gasteiger partial charge in [0.1, 0.15) is 39.1 Å². The Morgan fingerprint density at radius 1 is 1.30 bits per heavy atom. The molecule has 3 N–H and O–H groups in total. The van der Waals surface area contributed by atoms with Gasteiger partial charge in [-0.2, -0.15) is 0 Å². The molecule has 0 fully saturated rings. The van der Waals surface area contributed by atoms with Crippen LogP contribution < -0.4 is 11.1 Å². The topological polar surface area (TPSA) is 123 Å². The quantitative estimate of drug-likeness (QED) is 0.638. The Morgan fingerprint density at radius 3 is 2.73 bits per heavy atom. The lowest BCUT2D eigenvalue weighted by Crippen LogP contribution is -2.60. The zero-order valence-electron chi connectivity index (χ0n) is 18.2. The second kappa shape index (κ2) is 8.18. The lowest BCUT2D eigenvalue weighted by molar-refractivity contribution is 0.102. The van der Waals surface area contributed by atoms with E-state index in [9.17, 15) is 9.00 Å². The van der Waals surface area contributed by atoms with Crippen molar-refractivity contribution in [2.75, 3.05) is 11.9 Å². The molecule has 0 radical (unpaired) electrons. The van der Waals surface area contributed by atoms with Crippen LogP contribution in [0, 0.1) is 5.82 Å². The van der Waals surface area contributed by atoms with Crippen LogP contribution in [0.4, 0.5) is 10.2 Å². The van der Waals surface area contributed by atoms with Gasteiger partial charge in [-0.15, -0.1) is 0 Å². The van der Waals surface area contributed by atoms with Crippen molar-refractivity contribution >= 4 is 50.5 Å². The molecular formula is C21H23Cl2FN6O2S. The van der Waals surface area contributed by atoms with Crippen molar-refractivity contribution in [2.24, 2.45) is 15.1 Å². The van der Waals surface area contributed by atoms with Gasteiger partial charge in [0.05, 0.1) is 25.0 Å². The van der Waals surface area contributed by atoms with Gasteiger partial charge in [0.2, 0.25) is 0 Å². The number of aromatic nitrogens is 2. The summed E-state index contributed by atoms with van der Waals surface area (Å²) >= 11 is 11.9. The number of nitrogens with zero attached hydrogens (tertiary/aromatic N) is 4. The highest BCUT2D eigenvalue weighted by Crippen LogP contribution is 2.47. The van der Waals surface area contributed by atoms with E-state index in [0.29, 0.717) is 19.4 Å². The fraction of sp³-hybridized carbons (Fsp3) is 0.429. The SMILES string of the molecule is CC1(C)C(N)=N[C@](C)(c2nc(NC(=O)c3ncc(Cl)cc3Cl)ccc2F)[C@@H]2CCCN=[S@@]21=O. The molecule has 2 aliphatic heterocycles. The number of aliphatic imine (C=N–C) groups is 1. The molecule has 0 saturated carbocycles. The highest BCUT2D eigenvalue weighted by atomic mass is 35.5. The zero-order valence-corrected chi connectivity index (χ0v) is 20.6. The molecule has 3 atom stereocenters. The van der Waals surface area contributed by atoms with Crippen LogP contribution in [0.25, 0.3) is 0 Å². The standard InChI is InChI=1S/C21H23Cl2FN6O2S/c1-20(2)19(25)30-21(3,14-5-4-8-27-33(14,20)32)17-13(24)6-7-15(28-17)29-18(31)16-12(23)9-11(22)10-26-16/h6-7,9-10,14H,4-5,8H2,1-3H3,(H2,25,30)(H,28,29,31)/t14-,21-,33+/m0/s1. The van der Waals surface area contributed by atoms with Gasteiger partial charge in [-0.25, -0.2) is 22.9 Å². The maximum atomic E-state index is 15.1. The number of halogens is 3. The lowest BCUT2D eigenvalue weighted by Gasteiger charge is -2.47. The number of hydrogen-bond acceptors (Lipinski definition) is 7. The fourth-order valence-corrected chi connectivity index (χ4v) is 7.97. The summed E-state index contributed by atoms with van der Waals surface area (Å²) in [6.07, 6.45) is 2.51. The molecular weight excluding hydrogens is 490 g/mol. The number of amidine groups is 1. The molecule has 0 bridgehead atoms. The fourth-order valence-electron chi connectivity index (χ4n) is 4.27. The molecule has 4 heterocycles. The number of carbonyl (C=O) groups is 1. The second-order valence-electron chi connectivity index (χ2n) is 8.67. The summed E-state index contributed by atoms with van der Waals surface area (Å²) in [4.78, 5) is 25.6. The maximum Gasteiger partial charge on any atom is 0.276 e. The molecule has 8 nitrogen and oxygen atoms in total. The summed E-state index contributed by atoms with van der Waals surface area (Å²) < 4.78 is 32.7. The molecule has 0 unspecified atom stereocenters. The van der Waals surface area contributed by atoms with E-state index in [0.717, 1.165) is 0 Å². The number of pyridine rings is 2. The predicted octanol–water partition coefficient (Wildman–Crippen LogP) is 4.17. The van der Waals surface area contributed by atoms with Gasteiger partial charge in [-0.05, 0) is 51.8 Å². The van der Waals surface area contributed by atoms with Gasteiger partial charge in [0.15, 0.2) is 0 Å². The van der Waals surface area contributed by atoms with E-state index in [1.54, 1.807) is 20.8 Å². The van der Waals surface area contributed by atoms with Crippen LogP contribution in [-0.4, -0.2) is 42.5 Å². The van der Waals surface area contributed by atoms with E-state index < -0.39 is 37.0 Å². The molecule has 0 aromatic carbocycles. The Balaban J connectivity index is 1.78. The first-order valence-electron chi connectivity index (χ1n) is 10.3. The Bertz CT molecular complexity index is 1310. The first-order chi connectivity index (χ1) is 15.4. The van der Waals surface area contributed by atoms with Crippen molar-refractivity contribution < 1.29 is 13.4 Å². The third kappa shape index (κ3) is 3.77. The molecule has 0 spiro atoms. The number of carbonyl (C=O) groups excluding carboxylic acids is 1. The molecule has 2 aromatic heterocycles. The lowest BCUT2D eigenvalue weighted by atomic mass is 9.89. The predicted molar refractivity (Wildman–Crippen MR) is 128 cm³/mol. The molecule has 4 rings (SSSR count). The monoisotopic (exact) mass is 512 g/mol.